The maximum Gasteiger partial charge on any atom is 0.296 e. The number of imidazole rings is 1. The number of hydrogen-bond acceptors (Lipinski definition) is 8. The first-order valence-electron chi connectivity index (χ1n) is 11.2. The zero-order valence-corrected chi connectivity index (χ0v) is 19.5. The Morgan fingerprint density at radius 3 is 2.94 bits per heavy atom. The summed E-state index contributed by atoms with van der Waals surface area (Å²) in [5.41, 5.74) is 2.90. The number of nitrogens with one attached hydrogen (secondary N) is 1. The Hall–Kier alpha value is -2.45. The molecule has 4 heterocycles. The molecule has 0 radical (unpaired) electrons. The summed E-state index contributed by atoms with van der Waals surface area (Å²) in [6.45, 7) is 2.03. The van der Waals surface area contributed by atoms with Crippen molar-refractivity contribution in [3.63, 3.8) is 0 Å². The maximum atomic E-state index is 9.90. The smallest absolute Gasteiger partial charge is 0.296 e. The zero-order valence-electron chi connectivity index (χ0n) is 18.7. The monoisotopic (exact) mass is 487 g/mol. The first-order valence-corrected chi connectivity index (χ1v) is 11.6. The lowest BCUT2D eigenvalue weighted by Gasteiger charge is -2.15. The van der Waals surface area contributed by atoms with Crippen LogP contribution in [0.5, 0.6) is 6.01 Å². The number of methoxy groups -OCH3 is 1. The molecule has 0 spiro atoms. The number of ether oxygens (including phenoxy) is 5. The molecule has 2 fully saturated rings. The van der Waals surface area contributed by atoms with E-state index in [1.54, 1.807) is 7.11 Å². The summed E-state index contributed by atoms with van der Waals surface area (Å²) in [7, 11) is 1.64. The number of aromatic amines is 1. The van der Waals surface area contributed by atoms with Crippen LogP contribution < -0.4 is 4.74 Å². The van der Waals surface area contributed by atoms with Crippen LogP contribution in [0.25, 0.3) is 11.2 Å². The number of fused-ring (bicyclic) bond motifs is 2. The molecule has 5 rings (SSSR count). The molecular formula is C24H26ClN3O6. The van der Waals surface area contributed by atoms with Crippen molar-refractivity contribution in [1.29, 1.82) is 0 Å². The number of hydrogen-bond donors (Lipinski definition) is 2. The molecule has 2 aliphatic heterocycles. The standard InChI is InChI=1S/C24H26ClN3O6/c1-30-9-10-31-8-2-3-14-4-6-15(7-5-14)20-16(25)11-17-23(27-20)28-24(26-17)34-19-13-33-21-18(29)12-32-22(19)21/h4-6,11,15,18-19,21-22,29H,7-10,12-13H2,1H3,(H,26,27,28)/t15?,18?,19-,21-,22-/m1/s1. The molecule has 10 heteroatoms. The van der Waals surface area contributed by atoms with Crippen LogP contribution in [0.4, 0.5) is 0 Å². The van der Waals surface area contributed by atoms with Gasteiger partial charge in [0.05, 0.1) is 42.7 Å². The Bertz CT molecular complexity index is 1150. The number of rotatable bonds is 7. The fourth-order valence-corrected chi connectivity index (χ4v) is 4.52. The zero-order chi connectivity index (χ0) is 23.5. The summed E-state index contributed by atoms with van der Waals surface area (Å²) >= 11 is 6.56. The van der Waals surface area contributed by atoms with E-state index in [9.17, 15) is 5.11 Å². The topological polar surface area (TPSA) is 108 Å². The van der Waals surface area contributed by atoms with Crippen molar-refractivity contribution in [2.75, 3.05) is 40.1 Å². The molecule has 0 bridgehead atoms. The molecule has 3 aliphatic rings. The van der Waals surface area contributed by atoms with Crippen LogP contribution in [0.15, 0.2) is 29.9 Å². The lowest BCUT2D eigenvalue weighted by atomic mass is 9.93. The normalized spacial score (nSPS) is 28.0. The Balaban J connectivity index is 1.23. The molecule has 2 N–H and O–H groups in total. The van der Waals surface area contributed by atoms with E-state index < -0.39 is 6.10 Å². The summed E-state index contributed by atoms with van der Waals surface area (Å²) in [6, 6.07) is 2.13. The maximum absolute atomic E-state index is 9.90. The molecule has 2 aromatic heterocycles. The first-order chi connectivity index (χ1) is 16.6. The predicted molar refractivity (Wildman–Crippen MR) is 124 cm³/mol. The van der Waals surface area contributed by atoms with Crippen molar-refractivity contribution in [1.82, 2.24) is 15.0 Å². The Morgan fingerprint density at radius 2 is 2.12 bits per heavy atom. The van der Waals surface area contributed by atoms with Gasteiger partial charge in [0.2, 0.25) is 0 Å². The first kappa shape index (κ1) is 23.3. The van der Waals surface area contributed by atoms with Gasteiger partial charge in [-0.05, 0) is 12.5 Å². The highest BCUT2D eigenvalue weighted by atomic mass is 35.5. The third-order valence-corrected chi connectivity index (χ3v) is 6.27. The van der Waals surface area contributed by atoms with E-state index in [1.807, 2.05) is 12.1 Å². The van der Waals surface area contributed by atoms with Crippen molar-refractivity contribution in [2.24, 2.45) is 0 Å². The van der Waals surface area contributed by atoms with Gasteiger partial charge in [-0.3, -0.25) is 0 Å². The van der Waals surface area contributed by atoms with Crippen LogP contribution in [-0.2, 0) is 18.9 Å². The Kier molecular flexibility index (Phi) is 7.15. The van der Waals surface area contributed by atoms with E-state index in [4.69, 9.17) is 40.3 Å². The van der Waals surface area contributed by atoms with Crippen molar-refractivity contribution in [2.45, 2.75) is 36.8 Å². The van der Waals surface area contributed by atoms with Gasteiger partial charge in [0.1, 0.15) is 24.9 Å². The van der Waals surface area contributed by atoms with Gasteiger partial charge in [0, 0.05) is 18.6 Å². The molecule has 2 saturated heterocycles. The average Bonchev–Trinajstić information content (AvgIpc) is 3.53. The van der Waals surface area contributed by atoms with Crippen LogP contribution in [0.1, 0.15) is 18.0 Å². The number of aromatic nitrogens is 3. The van der Waals surface area contributed by atoms with Crippen LogP contribution in [0.3, 0.4) is 0 Å². The van der Waals surface area contributed by atoms with E-state index in [0.29, 0.717) is 48.6 Å². The molecule has 0 saturated carbocycles. The van der Waals surface area contributed by atoms with Crippen molar-refractivity contribution in [3.05, 3.63) is 40.6 Å². The number of nitrogens with zero attached hydrogens (tertiary/aromatic N) is 2. The number of H-pyrrole nitrogens is 1. The third kappa shape index (κ3) is 4.98. The highest BCUT2D eigenvalue weighted by Gasteiger charge is 2.48. The molecule has 2 unspecified atom stereocenters. The second kappa shape index (κ2) is 10.4. The second-order valence-electron chi connectivity index (χ2n) is 8.30. The van der Waals surface area contributed by atoms with Crippen molar-refractivity contribution in [3.8, 4) is 17.9 Å². The average molecular weight is 488 g/mol. The summed E-state index contributed by atoms with van der Waals surface area (Å²) in [5, 5.41) is 10.5. The predicted octanol–water partition coefficient (Wildman–Crippen LogP) is 2.15. The largest absolute Gasteiger partial charge is 0.456 e. The number of allylic oxidation sites excluding steroid dienone is 4. The number of aliphatic hydroxyl groups excluding tert-OH is 1. The van der Waals surface area contributed by atoms with E-state index in [1.165, 1.54) is 0 Å². The van der Waals surface area contributed by atoms with Crippen molar-refractivity contribution < 1.29 is 28.8 Å². The van der Waals surface area contributed by atoms with Gasteiger partial charge < -0.3 is 33.8 Å². The third-order valence-electron chi connectivity index (χ3n) is 5.97. The highest BCUT2D eigenvalue weighted by Crippen LogP contribution is 2.33. The van der Waals surface area contributed by atoms with Gasteiger partial charge in [-0.25, -0.2) is 4.98 Å². The molecule has 1 aliphatic carbocycles. The molecule has 9 nitrogen and oxygen atoms in total. The fraction of sp³-hybridized carbons (Fsp3) is 0.500. The number of halogens is 1. The van der Waals surface area contributed by atoms with Crippen LogP contribution in [0, 0.1) is 11.8 Å². The van der Waals surface area contributed by atoms with Crippen LogP contribution in [0.2, 0.25) is 5.02 Å². The Labute approximate surface area is 202 Å². The van der Waals surface area contributed by atoms with Gasteiger partial charge >= 0.3 is 0 Å². The lowest BCUT2D eigenvalue weighted by molar-refractivity contribution is 0.00706. The molecule has 34 heavy (non-hydrogen) atoms. The molecule has 0 amide bonds. The summed E-state index contributed by atoms with van der Waals surface area (Å²) in [5.74, 6) is 6.14. The molecular weight excluding hydrogens is 462 g/mol. The second-order valence-corrected chi connectivity index (χ2v) is 8.70. The number of aliphatic hydroxyl groups is 1. The molecule has 2 aromatic rings. The van der Waals surface area contributed by atoms with E-state index in [0.717, 1.165) is 17.7 Å². The van der Waals surface area contributed by atoms with Gasteiger partial charge in [-0.2, -0.15) is 4.98 Å². The van der Waals surface area contributed by atoms with Gasteiger partial charge in [-0.1, -0.05) is 41.7 Å². The summed E-state index contributed by atoms with van der Waals surface area (Å²) in [6.07, 6.45) is 5.17. The Morgan fingerprint density at radius 1 is 1.24 bits per heavy atom. The minimum atomic E-state index is -0.629. The summed E-state index contributed by atoms with van der Waals surface area (Å²) in [4.78, 5) is 12.3. The SMILES string of the molecule is COCCOCC#CC1=CCC(c2nc3nc(O[C@@H]4CO[C@@H]5C(O)CO[C@@H]54)[nH]c3cc2Cl)C=C1. The summed E-state index contributed by atoms with van der Waals surface area (Å²) < 4.78 is 27.5. The van der Waals surface area contributed by atoms with Crippen molar-refractivity contribution >= 4 is 22.8 Å². The minimum Gasteiger partial charge on any atom is -0.456 e. The quantitative estimate of drug-likeness (QED) is 0.452. The van der Waals surface area contributed by atoms with Crippen LogP contribution >= 0.6 is 11.6 Å². The van der Waals surface area contributed by atoms with Crippen LogP contribution in [-0.4, -0.2) is 84.6 Å². The molecule has 0 aromatic carbocycles. The molecule has 180 valence electrons. The lowest BCUT2D eigenvalue weighted by Crippen LogP contribution is -2.34. The van der Waals surface area contributed by atoms with Gasteiger partial charge in [0.15, 0.2) is 11.8 Å². The fourth-order valence-electron chi connectivity index (χ4n) is 4.23. The molecule has 5 atom stereocenters. The minimum absolute atomic E-state index is 0.0267. The van der Waals surface area contributed by atoms with E-state index >= 15 is 0 Å². The van der Waals surface area contributed by atoms with Gasteiger partial charge in [0.25, 0.3) is 6.01 Å². The number of pyridine rings is 1. The van der Waals surface area contributed by atoms with E-state index in [-0.39, 0.29) is 30.8 Å². The highest BCUT2D eigenvalue weighted by molar-refractivity contribution is 6.31. The van der Waals surface area contributed by atoms with Gasteiger partial charge in [-0.15, -0.1) is 0 Å². The van der Waals surface area contributed by atoms with E-state index in [2.05, 4.69) is 34.0 Å².